The number of nitrogens with one attached hydrogen (secondary N) is 1. The number of hydrazine groups is 1. The van der Waals surface area contributed by atoms with Gasteiger partial charge in [0.2, 0.25) is 0 Å². The number of hydrogen-bond acceptors (Lipinski definition) is 6. The summed E-state index contributed by atoms with van der Waals surface area (Å²) in [5.74, 6) is 0.636. The van der Waals surface area contributed by atoms with E-state index in [1.165, 1.54) is 11.5 Å². The van der Waals surface area contributed by atoms with E-state index in [0.29, 0.717) is 5.82 Å². The van der Waals surface area contributed by atoms with E-state index < -0.39 is 0 Å². The molecule has 5 nitrogen and oxygen atoms in total. The summed E-state index contributed by atoms with van der Waals surface area (Å²) in [7, 11) is 2.15. The monoisotopic (exact) mass is 227 g/mol. The molecular weight excluding hydrogens is 210 g/mol. The van der Waals surface area contributed by atoms with Crippen LogP contribution in [0.3, 0.4) is 0 Å². The van der Waals surface area contributed by atoms with Crippen LogP contribution in [0.5, 0.6) is 0 Å². The zero-order valence-electron chi connectivity index (χ0n) is 9.16. The lowest BCUT2D eigenvalue weighted by atomic mass is 10.3. The quantitative estimate of drug-likeness (QED) is 0.775. The molecule has 0 aromatic carbocycles. The van der Waals surface area contributed by atoms with E-state index in [1.807, 2.05) is 6.92 Å². The zero-order valence-corrected chi connectivity index (χ0v) is 9.97. The molecule has 3 N–H and O–H groups in total. The van der Waals surface area contributed by atoms with E-state index in [9.17, 15) is 0 Å². The van der Waals surface area contributed by atoms with Crippen LogP contribution in [-0.2, 0) is 0 Å². The van der Waals surface area contributed by atoms with Crippen molar-refractivity contribution in [3.63, 3.8) is 0 Å². The van der Waals surface area contributed by atoms with Gasteiger partial charge in [-0.25, -0.2) is 5.01 Å². The van der Waals surface area contributed by atoms with Crippen LogP contribution in [0.15, 0.2) is 0 Å². The van der Waals surface area contributed by atoms with Crippen molar-refractivity contribution in [3.05, 3.63) is 5.56 Å². The standard InChI is InChI=1S/C9H17N5S/c1-7-8(10)12-15-9(7)11-14-5-3-13(2)4-6-14/h11H,3-6H2,1-2H3,(H2,10,12). The van der Waals surface area contributed by atoms with Crippen LogP contribution in [-0.4, -0.2) is 47.5 Å². The van der Waals surface area contributed by atoms with Gasteiger partial charge in [0.15, 0.2) is 0 Å². The van der Waals surface area contributed by atoms with Gasteiger partial charge >= 0.3 is 0 Å². The first-order valence-corrected chi connectivity index (χ1v) is 5.86. The lowest BCUT2D eigenvalue weighted by Crippen LogP contribution is -2.46. The number of anilines is 2. The molecule has 15 heavy (non-hydrogen) atoms. The summed E-state index contributed by atoms with van der Waals surface area (Å²) in [6.45, 7) is 6.26. The Labute approximate surface area is 94.0 Å². The van der Waals surface area contributed by atoms with Crippen LogP contribution >= 0.6 is 11.5 Å². The fraction of sp³-hybridized carbons (Fsp3) is 0.667. The second-order valence-electron chi connectivity index (χ2n) is 3.92. The summed E-state index contributed by atoms with van der Waals surface area (Å²) in [6.07, 6.45) is 0. The van der Waals surface area contributed by atoms with E-state index in [2.05, 4.69) is 26.8 Å². The lowest BCUT2D eigenvalue weighted by Gasteiger charge is -2.32. The molecule has 1 aliphatic heterocycles. The third kappa shape index (κ3) is 2.39. The summed E-state index contributed by atoms with van der Waals surface area (Å²) >= 11 is 1.43. The number of piperazine rings is 1. The number of aromatic nitrogens is 1. The molecule has 0 radical (unpaired) electrons. The van der Waals surface area contributed by atoms with Crippen molar-refractivity contribution in [2.75, 3.05) is 44.4 Å². The van der Waals surface area contributed by atoms with Crippen molar-refractivity contribution in [2.24, 2.45) is 0 Å². The predicted octanol–water partition coefficient (Wildman–Crippen LogP) is 0.608. The van der Waals surface area contributed by atoms with Gasteiger partial charge in [-0.2, -0.15) is 4.37 Å². The largest absolute Gasteiger partial charge is 0.383 e. The van der Waals surface area contributed by atoms with Crippen LogP contribution in [0.4, 0.5) is 10.8 Å². The van der Waals surface area contributed by atoms with Crippen LogP contribution in [0.1, 0.15) is 5.56 Å². The summed E-state index contributed by atoms with van der Waals surface area (Å²) in [6, 6.07) is 0. The lowest BCUT2D eigenvalue weighted by molar-refractivity contribution is 0.179. The number of hydrogen-bond donors (Lipinski definition) is 2. The van der Waals surface area contributed by atoms with Crippen molar-refractivity contribution < 1.29 is 0 Å². The SMILES string of the molecule is Cc1c(N)nsc1NN1CCN(C)CC1. The number of rotatable bonds is 2. The van der Waals surface area contributed by atoms with Gasteiger partial charge in [-0.15, -0.1) is 0 Å². The molecule has 84 valence electrons. The number of likely N-dealkylation sites (N-methyl/N-ethyl adjacent to an activating group) is 1. The second-order valence-corrected chi connectivity index (χ2v) is 4.70. The predicted molar refractivity (Wildman–Crippen MR) is 64.0 cm³/mol. The molecule has 1 fully saturated rings. The Morgan fingerprint density at radius 2 is 2.00 bits per heavy atom. The molecule has 2 rings (SSSR count). The molecule has 0 unspecified atom stereocenters. The number of nitrogens with two attached hydrogens (primary N) is 1. The second kappa shape index (κ2) is 4.34. The molecule has 1 aromatic heterocycles. The molecule has 0 amide bonds. The van der Waals surface area contributed by atoms with E-state index in [0.717, 1.165) is 36.7 Å². The summed E-state index contributed by atoms with van der Waals surface area (Å²) in [4.78, 5) is 2.33. The molecule has 1 saturated heterocycles. The van der Waals surface area contributed by atoms with Crippen molar-refractivity contribution in [2.45, 2.75) is 6.92 Å². The number of nitrogens with zero attached hydrogens (tertiary/aromatic N) is 3. The van der Waals surface area contributed by atoms with Gasteiger partial charge in [0, 0.05) is 31.7 Å². The molecular formula is C9H17N5S. The van der Waals surface area contributed by atoms with E-state index in [4.69, 9.17) is 5.73 Å². The van der Waals surface area contributed by atoms with E-state index in [-0.39, 0.29) is 0 Å². The first kappa shape index (κ1) is 10.7. The third-order valence-corrected chi connectivity index (χ3v) is 3.59. The van der Waals surface area contributed by atoms with Gasteiger partial charge in [0.1, 0.15) is 10.8 Å². The molecule has 2 heterocycles. The minimum Gasteiger partial charge on any atom is -0.383 e. The van der Waals surface area contributed by atoms with Crippen molar-refractivity contribution in [3.8, 4) is 0 Å². The fourth-order valence-electron chi connectivity index (χ4n) is 1.51. The van der Waals surface area contributed by atoms with Gasteiger partial charge in [-0.1, -0.05) is 0 Å². The molecule has 0 saturated carbocycles. The van der Waals surface area contributed by atoms with Crippen LogP contribution < -0.4 is 11.2 Å². The van der Waals surface area contributed by atoms with Gasteiger partial charge in [0.05, 0.1) is 0 Å². The smallest absolute Gasteiger partial charge is 0.142 e. The first-order chi connectivity index (χ1) is 7.16. The molecule has 0 bridgehead atoms. The Balaban J connectivity index is 1.94. The maximum absolute atomic E-state index is 5.70. The molecule has 6 heteroatoms. The van der Waals surface area contributed by atoms with Gasteiger partial charge in [-0.3, -0.25) is 0 Å². The van der Waals surface area contributed by atoms with Gasteiger partial charge in [0.25, 0.3) is 0 Å². The molecule has 1 aromatic rings. The van der Waals surface area contributed by atoms with E-state index >= 15 is 0 Å². The Kier molecular flexibility index (Phi) is 3.08. The summed E-state index contributed by atoms with van der Waals surface area (Å²) in [5.41, 5.74) is 10.1. The summed E-state index contributed by atoms with van der Waals surface area (Å²) in [5, 5.41) is 3.29. The van der Waals surface area contributed by atoms with Crippen LogP contribution in [0.2, 0.25) is 0 Å². The highest BCUT2D eigenvalue weighted by atomic mass is 32.1. The summed E-state index contributed by atoms with van der Waals surface area (Å²) < 4.78 is 4.12. The minimum absolute atomic E-state index is 0.636. The van der Waals surface area contributed by atoms with E-state index in [1.54, 1.807) is 0 Å². The molecule has 0 spiro atoms. The van der Waals surface area contributed by atoms with Crippen LogP contribution in [0.25, 0.3) is 0 Å². The highest BCUT2D eigenvalue weighted by Crippen LogP contribution is 2.25. The average Bonchev–Trinajstić information content (AvgIpc) is 2.53. The maximum atomic E-state index is 5.70. The average molecular weight is 227 g/mol. The topological polar surface area (TPSA) is 57.4 Å². The highest BCUT2D eigenvalue weighted by Gasteiger charge is 2.15. The highest BCUT2D eigenvalue weighted by molar-refractivity contribution is 7.10. The Morgan fingerprint density at radius 3 is 2.53 bits per heavy atom. The van der Waals surface area contributed by atoms with Crippen molar-refractivity contribution in [1.82, 2.24) is 14.3 Å². The normalized spacial score (nSPS) is 19.3. The Bertz CT molecular complexity index is 329. The van der Waals surface area contributed by atoms with Crippen molar-refractivity contribution in [1.29, 1.82) is 0 Å². The maximum Gasteiger partial charge on any atom is 0.142 e. The molecule has 1 aliphatic rings. The minimum atomic E-state index is 0.636. The Morgan fingerprint density at radius 1 is 1.33 bits per heavy atom. The Hall–Kier alpha value is -0.850. The van der Waals surface area contributed by atoms with Crippen molar-refractivity contribution >= 4 is 22.4 Å². The third-order valence-electron chi connectivity index (χ3n) is 2.72. The molecule has 0 aliphatic carbocycles. The van der Waals surface area contributed by atoms with Gasteiger partial charge in [-0.05, 0) is 25.5 Å². The zero-order chi connectivity index (χ0) is 10.8. The van der Waals surface area contributed by atoms with Gasteiger partial charge < -0.3 is 16.1 Å². The number of nitrogen functional groups attached to an aromatic ring is 1. The van der Waals surface area contributed by atoms with Crippen LogP contribution in [0, 0.1) is 6.92 Å². The molecule has 0 atom stereocenters. The fourth-order valence-corrected chi connectivity index (χ4v) is 2.25. The first-order valence-electron chi connectivity index (χ1n) is 5.08.